The van der Waals surface area contributed by atoms with Crippen molar-refractivity contribution in [2.75, 3.05) is 40.4 Å². The van der Waals surface area contributed by atoms with E-state index >= 15 is 0 Å². The summed E-state index contributed by atoms with van der Waals surface area (Å²) in [5.41, 5.74) is 2.25. The molecule has 0 saturated carbocycles. The molecule has 3 N–H and O–H groups in total. The SMILES string of the molecule is COc1ccc(CCNC(=O)C2CNC[C@H]2C(=O)NCCc2ccc(OC)cc2)cc1. The zero-order valence-electron chi connectivity index (χ0n) is 18.1. The molecule has 166 valence electrons. The van der Waals surface area contributed by atoms with Crippen LogP contribution in [0, 0.1) is 11.8 Å². The molecule has 0 spiro atoms. The van der Waals surface area contributed by atoms with Crippen LogP contribution in [0.5, 0.6) is 11.5 Å². The Labute approximate surface area is 183 Å². The normalized spacial score (nSPS) is 17.7. The first-order chi connectivity index (χ1) is 15.1. The van der Waals surface area contributed by atoms with Crippen LogP contribution in [-0.2, 0) is 22.4 Å². The van der Waals surface area contributed by atoms with Gasteiger partial charge in [0.05, 0.1) is 26.1 Å². The highest BCUT2D eigenvalue weighted by Crippen LogP contribution is 2.18. The van der Waals surface area contributed by atoms with E-state index in [1.165, 1.54) is 0 Å². The van der Waals surface area contributed by atoms with Crippen molar-refractivity contribution in [1.29, 1.82) is 0 Å². The number of ether oxygens (including phenoxy) is 2. The van der Waals surface area contributed by atoms with E-state index in [0.29, 0.717) is 26.2 Å². The van der Waals surface area contributed by atoms with Gasteiger partial charge in [-0.3, -0.25) is 9.59 Å². The predicted molar refractivity (Wildman–Crippen MR) is 119 cm³/mol. The molecule has 1 aliphatic heterocycles. The third-order valence-corrected chi connectivity index (χ3v) is 5.63. The van der Waals surface area contributed by atoms with Crippen molar-refractivity contribution in [2.24, 2.45) is 11.8 Å². The van der Waals surface area contributed by atoms with Crippen LogP contribution in [0.15, 0.2) is 48.5 Å². The molecule has 1 saturated heterocycles. The predicted octanol–water partition coefficient (Wildman–Crippen LogP) is 1.56. The Kier molecular flexibility index (Phi) is 8.29. The van der Waals surface area contributed by atoms with Crippen LogP contribution in [-0.4, -0.2) is 52.2 Å². The first-order valence-corrected chi connectivity index (χ1v) is 10.6. The first kappa shape index (κ1) is 22.6. The summed E-state index contributed by atoms with van der Waals surface area (Å²) in [6, 6.07) is 15.6. The maximum absolute atomic E-state index is 12.6. The van der Waals surface area contributed by atoms with E-state index in [1.54, 1.807) is 14.2 Å². The lowest BCUT2D eigenvalue weighted by molar-refractivity contribution is -0.132. The Morgan fingerprint density at radius 1 is 0.774 bits per heavy atom. The lowest BCUT2D eigenvalue weighted by Gasteiger charge is -2.18. The molecule has 2 aromatic carbocycles. The maximum Gasteiger partial charge on any atom is 0.225 e. The molecular weight excluding hydrogens is 394 g/mol. The molecule has 7 nitrogen and oxygen atoms in total. The van der Waals surface area contributed by atoms with Gasteiger partial charge in [-0.15, -0.1) is 0 Å². The summed E-state index contributed by atoms with van der Waals surface area (Å²) in [5.74, 6) is 0.771. The zero-order valence-corrected chi connectivity index (χ0v) is 18.1. The quantitative estimate of drug-likeness (QED) is 0.538. The Morgan fingerprint density at radius 2 is 1.16 bits per heavy atom. The van der Waals surface area contributed by atoms with Gasteiger partial charge in [-0.1, -0.05) is 24.3 Å². The molecule has 2 atom stereocenters. The fourth-order valence-corrected chi connectivity index (χ4v) is 3.74. The molecule has 0 aliphatic carbocycles. The highest BCUT2D eigenvalue weighted by atomic mass is 16.5. The number of hydrogen-bond donors (Lipinski definition) is 3. The highest BCUT2D eigenvalue weighted by molar-refractivity contribution is 5.88. The third kappa shape index (κ3) is 6.46. The maximum atomic E-state index is 12.6. The number of amides is 2. The molecule has 0 aromatic heterocycles. The van der Waals surface area contributed by atoms with Crippen molar-refractivity contribution in [2.45, 2.75) is 12.8 Å². The van der Waals surface area contributed by atoms with E-state index in [0.717, 1.165) is 35.5 Å². The van der Waals surface area contributed by atoms with Gasteiger partial charge in [0.15, 0.2) is 0 Å². The first-order valence-electron chi connectivity index (χ1n) is 10.6. The smallest absolute Gasteiger partial charge is 0.225 e. The van der Waals surface area contributed by atoms with Crippen molar-refractivity contribution >= 4 is 11.8 Å². The van der Waals surface area contributed by atoms with Gasteiger partial charge in [0, 0.05) is 26.2 Å². The summed E-state index contributed by atoms with van der Waals surface area (Å²) in [6.45, 7) is 2.11. The molecule has 0 bridgehead atoms. The molecule has 3 rings (SSSR count). The molecule has 0 radical (unpaired) electrons. The van der Waals surface area contributed by atoms with E-state index in [4.69, 9.17) is 9.47 Å². The second kappa shape index (κ2) is 11.4. The number of benzene rings is 2. The number of nitrogens with one attached hydrogen (secondary N) is 3. The lowest BCUT2D eigenvalue weighted by Crippen LogP contribution is -2.42. The Hall–Kier alpha value is -3.06. The number of methoxy groups -OCH3 is 2. The Morgan fingerprint density at radius 3 is 1.52 bits per heavy atom. The number of carbonyl (C=O) groups is 2. The molecular formula is C24H31N3O4. The third-order valence-electron chi connectivity index (χ3n) is 5.63. The molecule has 31 heavy (non-hydrogen) atoms. The van der Waals surface area contributed by atoms with Gasteiger partial charge in [0.2, 0.25) is 11.8 Å². The van der Waals surface area contributed by atoms with Crippen LogP contribution in [0.4, 0.5) is 0 Å². The summed E-state index contributed by atoms with van der Waals surface area (Å²) in [4.78, 5) is 25.3. The highest BCUT2D eigenvalue weighted by Gasteiger charge is 2.37. The van der Waals surface area contributed by atoms with Gasteiger partial charge in [-0.05, 0) is 48.2 Å². The second-order valence-electron chi connectivity index (χ2n) is 7.65. The van der Waals surface area contributed by atoms with E-state index in [2.05, 4.69) is 16.0 Å². The molecule has 2 aromatic rings. The Bertz CT molecular complexity index is 781. The minimum atomic E-state index is -0.350. The largest absolute Gasteiger partial charge is 0.497 e. The minimum absolute atomic E-state index is 0.0752. The lowest BCUT2D eigenvalue weighted by atomic mass is 9.94. The van der Waals surface area contributed by atoms with Crippen LogP contribution in [0.1, 0.15) is 11.1 Å². The zero-order chi connectivity index (χ0) is 22.1. The van der Waals surface area contributed by atoms with Crippen molar-refractivity contribution < 1.29 is 19.1 Å². The average molecular weight is 426 g/mol. The van der Waals surface area contributed by atoms with Gasteiger partial charge < -0.3 is 25.4 Å². The van der Waals surface area contributed by atoms with E-state index < -0.39 is 0 Å². The van der Waals surface area contributed by atoms with Gasteiger partial charge >= 0.3 is 0 Å². The van der Waals surface area contributed by atoms with Crippen LogP contribution in [0.25, 0.3) is 0 Å². The topological polar surface area (TPSA) is 88.7 Å². The number of carbonyl (C=O) groups excluding carboxylic acids is 2. The van der Waals surface area contributed by atoms with E-state index in [1.807, 2.05) is 48.5 Å². The second-order valence-corrected chi connectivity index (χ2v) is 7.65. The number of hydrogen-bond acceptors (Lipinski definition) is 5. The monoisotopic (exact) mass is 425 g/mol. The molecule has 1 heterocycles. The van der Waals surface area contributed by atoms with Crippen LogP contribution in [0.3, 0.4) is 0 Å². The number of rotatable bonds is 10. The minimum Gasteiger partial charge on any atom is -0.497 e. The van der Waals surface area contributed by atoms with Crippen molar-refractivity contribution in [3.63, 3.8) is 0 Å². The molecule has 1 aliphatic rings. The molecule has 7 heteroatoms. The van der Waals surface area contributed by atoms with Crippen molar-refractivity contribution in [3.8, 4) is 11.5 Å². The summed E-state index contributed by atoms with van der Waals surface area (Å²) in [6.07, 6.45) is 1.46. The van der Waals surface area contributed by atoms with Crippen molar-refractivity contribution in [3.05, 3.63) is 59.7 Å². The summed E-state index contributed by atoms with van der Waals surface area (Å²) in [7, 11) is 3.27. The van der Waals surface area contributed by atoms with Gasteiger partial charge in [-0.25, -0.2) is 0 Å². The van der Waals surface area contributed by atoms with Crippen LogP contribution >= 0.6 is 0 Å². The van der Waals surface area contributed by atoms with Crippen LogP contribution in [0.2, 0.25) is 0 Å². The van der Waals surface area contributed by atoms with E-state index in [9.17, 15) is 9.59 Å². The molecule has 1 fully saturated rings. The van der Waals surface area contributed by atoms with Gasteiger partial charge in [0.1, 0.15) is 11.5 Å². The molecule has 1 unspecified atom stereocenters. The average Bonchev–Trinajstić information content (AvgIpc) is 3.30. The Balaban J connectivity index is 1.41. The van der Waals surface area contributed by atoms with Crippen molar-refractivity contribution in [1.82, 2.24) is 16.0 Å². The standard InChI is InChI=1S/C24H31N3O4/c1-30-19-7-3-17(4-8-19)11-13-26-23(28)21-15-25-16-22(21)24(29)27-14-12-18-5-9-20(31-2)10-6-18/h3-10,21-22,25H,11-16H2,1-2H3,(H,26,28)(H,27,29)/t21-,22?/m1/s1. The van der Waals surface area contributed by atoms with Gasteiger partial charge in [0.25, 0.3) is 0 Å². The van der Waals surface area contributed by atoms with E-state index in [-0.39, 0.29) is 23.7 Å². The fourth-order valence-electron chi connectivity index (χ4n) is 3.74. The summed E-state index contributed by atoms with van der Waals surface area (Å²) < 4.78 is 10.3. The van der Waals surface area contributed by atoms with Crippen LogP contribution < -0.4 is 25.4 Å². The fraction of sp³-hybridized carbons (Fsp3) is 0.417. The van der Waals surface area contributed by atoms with Gasteiger partial charge in [-0.2, -0.15) is 0 Å². The summed E-state index contributed by atoms with van der Waals surface area (Å²) in [5, 5.41) is 9.13. The summed E-state index contributed by atoms with van der Waals surface area (Å²) >= 11 is 0. The molecule has 2 amide bonds.